The van der Waals surface area contributed by atoms with Gasteiger partial charge in [-0.25, -0.2) is 0 Å². The number of hydrogen-bond donors (Lipinski definition) is 1. The van der Waals surface area contributed by atoms with Gasteiger partial charge in [-0.2, -0.15) is 7.51 Å². The van der Waals surface area contributed by atoms with E-state index in [0.29, 0.717) is 0 Å². The first-order chi connectivity index (χ1) is 8.83. The zero-order valence-electron chi connectivity index (χ0n) is 16.3. The summed E-state index contributed by atoms with van der Waals surface area (Å²) in [6, 6.07) is 0. The molecule has 0 amide bonds. The Bertz CT molecular complexity index is 344. The molecule has 0 saturated heterocycles. The lowest BCUT2D eigenvalue weighted by atomic mass is 10.1. The van der Waals surface area contributed by atoms with Crippen LogP contribution in [0.15, 0.2) is 4.41 Å². The Morgan fingerprint density at radius 3 is 1.29 bits per heavy atom. The van der Waals surface area contributed by atoms with Crippen LogP contribution in [0.4, 0.5) is 0 Å². The molecular formula is C15H37N4PSi-2. The largest absolute Gasteiger partial charge is 0.621 e. The minimum absolute atomic E-state index is 0.0690. The van der Waals surface area contributed by atoms with Crippen LogP contribution < -0.4 is 5.09 Å². The Kier molecular flexibility index (Phi) is 6.54. The molecule has 1 N–H and O–H groups in total. The molecule has 0 unspecified atom stereocenters. The molecule has 0 aromatic rings. The van der Waals surface area contributed by atoms with Gasteiger partial charge < -0.3 is 19.7 Å². The first-order valence-corrected chi connectivity index (χ1v) is 12.8. The maximum atomic E-state index is 5.20. The molecule has 0 aromatic carbocycles. The van der Waals surface area contributed by atoms with E-state index in [1.807, 2.05) is 0 Å². The lowest BCUT2D eigenvalue weighted by Crippen LogP contribution is -2.36. The van der Waals surface area contributed by atoms with Crippen LogP contribution in [0.25, 0.3) is 10.2 Å². The molecule has 0 saturated carbocycles. The molecule has 0 spiro atoms. The maximum absolute atomic E-state index is 5.20. The number of nitrogens with zero attached hydrogens (tertiary/aromatic N) is 3. The molecule has 0 aliphatic heterocycles. The molecule has 0 aliphatic carbocycles. The monoisotopic (exact) mass is 332 g/mol. The number of nitrogens with one attached hydrogen (secondary N) is 1. The topological polar surface area (TPSA) is 52.6 Å². The summed E-state index contributed by atoms with van der Waals surface area (Å²) in [7, 11) is -3.96. The summed E-state index contributed by atoms with van der Waals surface area (Å²) >= 11 is 0. The van der Waals surface area contributed by atoms with Gasteiger partial charge in [0.2, 0.25) is 0 Å². The second kappa shape index (κ2) is 6.44. The van der Waals surface area contributed by atoms with Gasteiger partial charge in [0.15, 0.2) is 8.24 Å². The lowest BCUT2D eigenvalue weighted by Gasteiger charge is -2.64. The molecule has 4 nitrogen and oxygen atoms in total. The summed E-state index contributed by atoms with van der Waals surface area (Å²) in [5.74, 6) is 0. The average molecular weight is 333 g/mol. The van der Waals surface area contributed by atoms with Crippen molar-refractivity contribution in [2.75, 3.05) is 0 Å². The van der Waals surface area contributed by atoms with Crippen molar-refractivity contribution in [3.05, 3.63) is 10.2 Å². The predicted molar refractivity (Wildman–Crippen MR) is 102 cm³/mol. The Balaban J connectivity index is 6.02. The van der Waals surface area contributed by atoms with Crippen LogP contribution in [0.3, 0.4) is 0 Å². The van der Waals surface area contributed by atoms with Crippen LogP contribution in [0.2, 0.25) is 19.6 Å². The van der Waals surface area contributed by atoms with E-state index in [9.17, 15) is 0 Å². The third-order valence-corrected chi connectivity index (χ3v) is 8.05. The fourth-order valence-electron chi connectivity index (χ4n) is 1.85. The highest BCUT2D eigenvalue weighted by Crippen LogP contribution is 2.65. The minimum Gasteiger partial charge on any atom is -0.621 e. The van der Waals surface area contributed by atoms with Crippen LogP contribution in [-0.2, 0) is 0 Å². The summed E-state index contributed by atoms with van der Waals surface area (Å²) in [5.41, 5.74) is -0.395. The van der Waals surface area contributed by atoms with Gasteiger partial charge in [0.05, 0.1) is 0 Å². The van der Waals surface area contributed by atoms with Gasteiger partial charge in [0.1, 0.15) is 0 Å². The zero-order valence-corrected chi connectivity index (χ0v) is 18.2. The van der Waals surface area contributed by atoms with Crippen LogP contribution in [-0.4, -0.2) is 24.9 Å². The molecule has 21 heavy (non-hydrogen) atoms. The molecule has 0 rings (SSSR count). The van der Waals surface area contributed by atoms with Gasteiger partial charge in [-0.3, -0.25) is 0 Å². The number of rotatable bonds is 4. The highest BCUT2D eigenvalue weighted by molar-refractivity contribution is 7.71. The normalized spacial score (nSPS) is 15.2. The molecule has 0 atom stereocenters. The first kappa shape index (κ1) is 21.3. The van der Waals surface area contributed by atoms with Crippen molar-refractivity contribution in [2.45, 2.75) is 98.6 Å². The Hall–Kier alpha value is 0.327. The highest BCUT2D eigenvalue weighted by atomic mass is 31.2. The van der Waals surface area contributed by atoms with E-state index < -0.39 is 15.7 Å². The molecular weight excluding hydrogens is 295 g/mol. The van der Waals surface area contributed by atoms with E-state index in [1.165, 1.54) is 0 Å². The molecule has 0 heterocycles. The molecule has 0 aromatic heterocycles. The Morgan fingerprint density at radius 2 is 1.10 bits per heavy atom. The Labute approximate surface area is 134 Å². The van der Waals surface area contributed by atoms with Gasteiger partial charge in [0.25, 0.3) is 0 Å². The molecule has 0 radical (unpaired) electrons. The van der Waals surface area contributed by atoms with Crippen LogP contribution in [0.1, 0.15) is 62.3 Å². The van der Waals surface area contributed by atoms with E-state index in [0.717, 1.165) is 0 Å². The summed E-state index contributed by atoms with van der Waals surface area (Å²) in [4.78, 5) is 0. The molecule has 6 heteroatoms. The Morgan fingerprint density at radius 1 is 0.762 bits per heavy atom. The van der Waals surface area contributed by atoms with Crippen molar-refractivity contribution in [1.82, 2.24) is 5.09 Å². The van der Waals surface area contributed by atoms with Gasteiger partial charge in [-0.05, 0) is 20.8 Å². The predicted octanol–water partition coefficient (Wildman–Crippen LogP) is 6.50. The van der Waals surface area contributed by atoms with Gasteiger partial charge in [-0.1, -0.05) is 61.2 Å². The van der Waals surface area contributed by atoms with Crippen LogP contribution >= 0.6 is 7.51 Å². The minimum atomic E-state index is -2.30. The fraction of sp³-hybridized carbons (Fsp3) is 1.00. The van der Waals surface area contributed by atoms with E-state index in [4.69, 9.17) is 14.6 Å². The third-order valence-electron chi connectivity index (χ3n) is 1.80. The van der Waals surface area contributed by atoms with Crippen LogP contribution in [0, 0.1) is 0 Å². The van der Waals surface area contributed by atoms with Crippen molar-refractivity contribution in [3.8, 4) is 0 Å². The van der Waals surface area contributed by atoms with E-state index in [-0.39, 0.29) is 16.6 Å². The van der Waals surface area contributed by atoms with Crippen molar-refractivity contribution in [3.63, 3.8) is 0 Å². The lowest BCUT2D eigenvalue weighted by molar-refractivity contribution is 0.523. The second-order valence-corrected chi connectivity index (χ2v) is 16.6. The van der Waals surface area contributed by atoms with Crippen LogP contribution in [0.5, 0.6) is 0 Å². The summed E-state index contributed by atoms with van der Waals surface area (Å²) in [6.07, 6.45) is 0. The van der Waals surface area contributed by atoms with E-state index in [2.05, 4.69) is 87.0 Å². The molecule has 0 aliphatic rings. The van der Waals surface area contributed by atoms with E-state index >= 15 is 0 Å². The SMILES string of the molecule is CC(C)(C)[N-]P(=N[Si](C)(C)C)([N-]C(C)(C)C)NC(C)(C)C. The van der Waals surface area contributed by atoms with Gasteiger partial charge >= 0.3 is 0 Å². The zero-order chi connectivity index (χ0) is 17.3. The number of hydrogen-bond acceptors (Lipinski definition) is 1. The standard InChI is InChI=1S/C15H37N4PSi/c1-13(2,3)16-20(17-14(4,5)6,18-15(7,8)9)19-21(10,11)12/h16H,1-12H3/q-2. The second-order valence-electron chi connectivity index (χ2n) is 9.74. The van der Waals surface area contributed by atoms with E-state index in [1.54, 1.807) is 0 Å². The fourth-order valence-corrected chi connectivity index (χ4v) is 8.47. The first-order valence-electron chi connectivity index (χ1n) is 7.74. The average Bonchev–Trinajstić information content (AvgIpc) is 1.83. The molecule has 0 fully saturated rings. The molecule has 0 bridgehead atoms. The van der Waals surface area contributed by atoms with Gasteiger partial charge in [0, 0.05) is 5.54 Å². The van der Waals surface area contributed by atoms with Gasteiger partial charge in [-0.15, -0.1) is 11.1 Å². The summed E-state index contributed by atoms with van der Waals surface area (Å²) in [5, 5.41) is 13.9. The van der Waals surface area contributed by atoms with Crippen molar-refractivity contribution in [1.29, 1.82) is 0 Å². The van der Waals surface area contributed by atoms with Crippen molar-refractivity contribution >= 4 is 15.7 Å². The maximum Gasteiger partial charge on any atom is 0.167 e. The molecule has 128 valence electrons. The highest BCUT2D eigenvalue weighted by Gasteiger charge is 2.20. The summed E-state index contributed by atoms with van der Waals surface area (Å²) < 4.78 is 5.20. The quantitative estimate of drug-likeness (QED) is 0.463. The van der Waals surface area contributed by atoms with Crippen molar-refractivity contribution in [2.24, 2.45) is 4.41 Å². The van der Waals surface area contributed by atoms with Crippen molar-refractivity contribution < 1.29 is 0 Å². The smallest absolute Gasteiger partial charge is 0.167 e. The summed E-state index contributed by atoms with van der Waals surface area (Å²) in [6.45, 7) is 26.0. The third kappa shape index (κ3) is 11.5.